The molecule has 2 aromatic heterocycles. The van der Waals surface area contributed by atoms with Crippen molar-refractivity contribution in [2.75, 3.05) is 11.9 Å². The summed E-state index contributed by atoms with van der Waals surface area (Å²) in [6.07, 6.45) is 8.99. The normalized spacial score (nSPS) is 26.5. The number of anilines is 1. The number of fused-ring (bicyclic) bond motifs is 2. The Labute approximate surface area is 192 Å². The van der Waals surface area contributed by atoms with Gasteiger partial charge in [0, 0.05) is 37.5 Å². The van der Waals surface area contributed by atoms with Crippen LogP contribution in [-0.4, -0.2) is 38.2 Å². The van der Waals surface area contributed by atoms with Gasteiger partial charge in [0.2, 0.25) is 0 Å². The lowest BCUT2D eigenvalue weighted by atomic mass is 9.68. The summed E-state index contributed by atoms with van der Waals surface area (Å²) in [5.41, 5.74) is 0.838. The SMILES string of the molecule is CN(c1ccc(-c2c(O)cc(-c3cnn(C)c3)c(F)c2F)nn1)C1C[C@]2(C)CC[C@](C)(C1)C2. The minimum atomic E-state index is -1.16. The van der Waals surface area contributed by atoms with Crippen LogP contribution < -0.4 is 4.90 Å². The summed E-state index contributed by atoms with van der Waals surface area (Å²) >= 11 is 0. The Kier molecular flexibility index (Phi) is 4.95. The van der Waals surface area contributed by atoms with Gasteiger partial charge in [0.15, 0.2) is 17.5 Å². The molecule has 2 saturated carbocycles. The van der Waals surface area contributed by atoms with Gasteiger partial charge in [-0.1, -0.05) is 13.8 Å². The molecular weight excluding hydrogens is 424 g/mol. The van der Waals surface area contributed by atoms with E-state index in [0.29, 0.717) is 28.3 Å². The van der Waals surface area contributed by atoms with Gasteiger partial charge in [0.25, 0.3) is 0 Å². The lowest BCUT2D eigenvalue weighted by molar-refractivity contribution is 0.148. The smallest absolute Gasteiger partial charge is 0.172 e. The molecule has 33 heavy (non-hydrogen) atoms. The van der Waals surface area contributed by atoms with Crippen molar-refractivity contribution in [1.29, 1.82) is 0 Å². The average Bonchev–Trinajstić information content (AvgIpc) is 3.29. The number of aromatic nitrogens is 4. The van der Waals surface area contributed by atoms with Crippen LogP contribution in [0.25, 0.3) is 22.4 Å². The Morgan fingerprint density at radius 2 is 1.79 bits per heavy atom. The second kappa shape index (κ2) is 7.50. The van der Waals surface area contributed by atoms with E-state index in [1.165, 1.54) is 36.2 Å². The number of aromatic hydroxyl groups is 1. The minimum absolute atomic E-state index is 0.0555. The van der Waals surface area contributed by atoms with Gasteiger partial charge in [0.1, 0.15) is 5.75 Å². The maximum absolute atomic E-state index is 15.0. The third kappa shape index (κ3) is 3.75. The Hall–Kier alpha value is -3.03. The number of phenols is 1. The van der Waals surface area contributed by atoms with Crippen molar-refractivity contribution in [2.24, 2.45) is 17.9 Å². The van der Waals surface area contributed by atoms with Gasteiger partial charge in [-0.3, -0.25) is 4.68 Å². The zero-order valence-corrected chi connectivity index (χ0v) is 19.4. The molecule has 0 aliphatic heterocycles. The molecule has 2 fully saturated rings. The molecule has 3 aromatic rings. The molecule has 0 saturated heterocycles. The quantitative estimate of drug-likeness (QED) is 0.579. The largest absolute Gasteiger partial charge is 0.507 e. The molecule has 2 aliphatic carbocycles. The summed E-state index contributed by atoms with van der Waals surface area (Å²) in [6, 6.07) is 4.90. The predicted molar refractivity (Wildman–Crippen MR) is 123 cm³/mol. The van der Waals surface area contributed by atoms with Crippen LogP contribution in [0.5, 0.6) is 5.75 Å². The third-order valence-corrected chi connectivity index (χ3v) is 7.66. The van der Waals surface area contributed by atoms with Crippen LogP contribution in [0.2, 0.25) is 0 Å². The van der Waals surface area contributed by atoms with Crippen molar-refractivity contribution in [2.45, 2.75) is 52.0 Å². The number of halogens is 2. The first-order chi connectivity index (χ1) is 15.6. The lowest BCUT2D eigenvalue weighted by Gasteiger charge is -2.44. The molecule has 0 amide bonds. The van der Waals surface area contributed by atoms with E-state index in [-0.39, 0.29) is 16.8 Å². The molecule has 0 radical (unpaired) electrons. The predicted octanol–water partition coefficient (Wildman–Crippen LogP) is 5.32. The van der Waals surface area contributed by atoms with Crippen molar-refractivity contribution in [3.8, 4) is 28.1 Å². The molecule has 1 unspecified atom stereocenters. The second-order valence-electron chi connectivity index (χ2n) is 10.6. The molecule has 6 nitrogen and oxygen atoms in total. The molecule has 174 valence electrons. The summed E-state index contributed by atoms with van der Waals surface area (Å²) < 4.78 is 31.3. The molecule has 2 aliphatic rings. The molecule has 2 bridgehead atoms. The molecule has 3 atom stereocenters. The van der Waals surface area contributed by atoms with Crippen LogP contribution in [0.4, 0.5) is 14.6 Å². The zero-order chi connectivity index (χ0) is 23.5. The highest BCUT2D eigenvalue weighted by atomic mass is 19.2. The highest BCUT2D eigenvalue weighted by Gasteiger charge is 2.50. The summed E-state index contributed by atoms with van der Waals surface area (Å²) in [4.78, 5) is 2.15. The number of nitrogens with zero attached hydrogens (tertiary/aromatic N) is 5. The van der Waals surface area contributed by atoms with E-state index in [1.54, 1.807) is 25.4 Å². The van der Waals surface area contributed by atoms with Gasteiger partial charge >= 0.3 is 0 Å². The van der Waals surface area contributed by atoms with Gasteiger partial charge in [-0.2, -0.15) is 5.10 Å². The number of phenolic OH excluding ortho intramolecular Hbond substituents is 1. The molecule has 2 heterocycles. The molecule has 1 aromatic carbocycles. The van der Waals surface area contributed by atoms with E-state index < -0.39 is 17.4 Å². The van der Waals surface area contributed by atoms with Crippen LogP contribution in [0.3, 0.4) is 0 Å². The monoisotopic (exact) mass is 453 g/mol. The van der Waals surface area contributed by atoms with Gasteiger partial charge in [-0.15, -0.1) is 10.2 Å². The topological polar surface area (TPSA) is 67.1 Å². The second-order valence-corrected chi connectivity index (χ2v) is 10.6. The Morgan fingerprint density at radius 1 is 1.09 bits per heavy atom. The highest BCUT2D eigenvalue weighted by Crippen LogP contribution is 2.58. The number of hydrogen-bond acceptors (Lipinski definition) is 5. The molecule has 5 rings (SSSR count). The summed E-state index contributed by atoms with van der Waals surface area (Å²) in [5.74, 6) is -1.93. The number of rotatable bonds is 4. The molecule has 0 spiro atoms. The van der Waals surface area contributed by atoms with Crippen molar-refractivity contribution < 1.29 is 13.9 Å². The molecular formula is C25H29F2N5O. The van der Waals surface area contributed by atoms with Crippen LogP contribution in [0.1, 0.15) is 46.0 Å². The fourth-order valence-corrected chi connectivity index (χ4v) is 6.10. The average molecular weight is 454 g/mol. The van der Waals surface area contributed by atoms with Gasteiger partial charge in [-0.25, -0.2) is 8.78 Å². The number of benzene rings is 1. The fraction of sp³-hybridized carbons (Fsp3) is 0.480. The van der Waals surface area contributed by atoms with E-state index in [2.05, 4.69) is 34.0 Å². The maximum atomic E-state index is 15.0. The van der Waals surface area contributed by atoms with Crippen LogP contribution in [0.15, 0.2) is 30.6 Å². The summed E-state index contributed by atoms with van der Waals surface area (Å²) in [5, 5.41) is 22.9. The highest BCUT2D eigenvalue weighted by molar-refractivity contribution is 5.75. The van der Waals surface area contributed by atoms with E-state index in [0.717, 1.165) is 12.8 Å². The number of hydrogen-bond donors (Lipinski definition) is 1. The third-order valence-electron chi connectivity index (χ3n) is 7.66. The van der Waals surface area contributed by atoms with Crippen LogP contribution in [-0.2, 0) is 7.05 Å². The zero-order valence-electron chi connectivity index (χ0n) is 19.4. The van der Waals surface area contributed by atoms with Crippen LogP contribution in [0, 0.1) is 22.5 Å². The van der Waals surface area contributed by atoms with E-state index in [4.69, 9.17) is 0 Å². The summed E-state index contributed by atoms with van der Waals surface area (Å²) in [7, 11) is 3.70. The molecule has 1 N–H and O–H groups in total. The Morgan fingerprint density at radius 3 is 2.36 bits per heavy atom. The molecule has 8 heteroatoms. The Bertz CT molecular complexity index is 1190. The Balaban J connectivity index is 1.42. The van der Waals surface area contributed by atoms with E-state index >= 15 is 0 Å². The maximum Gasteiger partial charge on any atom is 0.172 e. The van der Waals surface area contributed by atoms with Gasteiger partial charge in [0.05, 0.1) is 17.5 Å². The first-order valence-corrected chi connectivity index (χ1v) is 11.3. The first kappa shape index (κ1) is 21.8. The fourth-order valence-electron chi connectivity index (χ4n) is 6.10. The van der Waals surface area contributed by atoms with E-state index in [9.17, 15) is 13.9 Å². The number of aryl methyl sites for hydroxylation is 1. The van der Waals surface area contributed by atoms with Gasteiger partial charge in [-0.05, 0) is 61.1 Å². The van der Waals surface area contributed by atoms with Crippen molar-refractivity contribution >= 4 is 5.82 Å². The summed E-state index contributed by atoms with van der Waals surface area (Å²) in [6.45, 7) is 4.75. The lowest BCUT2D eigenvalue weighted by Crippen LogP contribution is -2.42. The van der Waals surface area contributed by atoms with Crippen molar-refractivity contribution in [3.05, 3.63) is 42.2 Å². The first-order valence-electron chi connectivity index (χ1n) is 11.3. The van der Waals surface area contributed by atoms with E-state index in [1.807, 2.05) is 7.05 Å². The van der Waals surface area contributed by atoms with Crippen molar-refractivity contribution in [1.82, 2.24) is 20.0 Å². The van der Waals surface area contributed by atoms with Crippen LogP contribution >= 0.6 is 0 Å². The standard InChI is InChI=1S/C25H29F2N5O/c1-24-7-8-25(2,14-24)11-16(10-24)32(4)20-6-5-18(29-30-20)21-19(33)9-17(22(26)23(21)27)15-12-28-31(3)13-15/h5-6,9,12-13,16,33H,7-8,10-11,14H2,1-4H3/t16?,24-,25+. The van der Waals surface area contributed by atoms with Crippen molar-refractivity contribution in [3.63, 3.8) is 0 Å². The minimum Gasteiger partial charge on any atom is -0.507 e. The van der Waals surface area contributed by atoms with Gasteiger partial charge < -0.3 is 10.0 Å².